The maximum absolute atomic E-state index is 10.6. The maximum Gasteiger partial charge on any atom is 0.203 e. The van der Waals surface area contributed by atoms with Crippen LogP contribution in [0, 0.1) is 5.21 Å². The van der Waals surface area contributed by atoms with Gasteiger partial charge in [0.05, 0.1) is 0 Å². The van der Waals surface area contributed by atoms with Gasteiger partial charge in [-0.25, -0.2) is 0 Å². The highest BCUT2D eigenvalue weighted by molar-refractivity contribution is 5.37. The molecule has 3 nitrogen and oxygen atoms in total. The molecular weight excluding hydrogens is 128 g/mol. The van der Waals surface area contributed by atoms with Crippen molar-refractivity contribution in [1.82, 2.24) is 0 Å². The molecular formula is C7H10N2O. The number of nitrogens with zero attached hydrogens (tertiary/aromatic N) is 1. The molecule has 0 fully saturated rings. The average molecular weight is 138 g/mol. The Balaban J connectivity index is 2.75. The monoisotopic (exact) mass is 138 g/mol. The molecule has 0 aliphatic carbocycles. The molecule has 10 heavy (non-hydrogen) atoms. The van der Waals surface area contributed by atoms with Crippen LogP contribution < -0.4 is 10.0 Å². The van der Waals surface area contributed by atoms with Gasteiger partial charge in [-0.2, -0.15) is 4.73 Å². The van der Waals surface area contributed by atoms with Crippen molar-refractivity contribution in [2.24, 2.45) is 0 Å². The van der Waals surface area contributed by atoms with Crippen LogP contribution in [-0.2, 0) is 0 Å². The standard InChI is InChI=1S/C7H10N2O/c1-2-8-7-4-3-5-9(10)6-7/h3-6,8H,2H2,1H3. The largest absolute Gasteiger partial charge is 0.619 e. The van der Waals surface area contributed by atoms with Crippen LogP contribution in [0.3, 0.4) is 0 Å². The highest BCUT2D eigenvalue weighted by atomic mass is 16.5. The fourth-order valence-electron chi connectivity index (χ4n) is 0.763. The van der Waals surface area contributed by atoms with Crippen molar-refractivity contribution in [3.05, 3.63) is 29.7 Å². The Hall–Kier alpha value is -1.25. The first-order valence-electron chi connectivity index (χ1n) is 3.25. The van der Waals surface area contributed by atoms with Gasteiger partial charge in [0.15, 0.2) is 6.20 Å². The Bertz CT molecular complexity index is 213. The first-order chi connectivity index (χ1) is 4.83. The molecule has 0 atom stereocenters. The van der Waals surface area contributed by atoms with Crippen LogP contribution in [0.4, 0.5) is 5.69 Å². The average Bonchev–Trinajstić information content (AvgIpc) is 1.88. The molecule has 1 aromatic rings. The highest BCUT2D eigenvalue weighted by Crippen LogP contribution is 1.99. The molecule has 0 unspecified atom stereocenters. The zero-order chi connectivity index (χ0) is 7.40. The van der Waals surface area contributed by atoms with Gasteiger partial charge in [-0.15, -0.1) is 0 Å². The summed E-state index contributed by atoms with van der Waals surface area (Å²) in [6, 6.07) is 3.57. The third-order valence-electron chi connectivity index (χ3n) is 1.16. The summed E-state index contributed by atoms with van der Waals surface area (Å²) in [5, 5.41) is 13.7. The van der Waals surface area contributed by atoms with E-state index in [1.54, 1.807) is 6.07 Å². The number of hydrogen-bond donors (Lipinski definition) is 1. The maximum atomic E-state index is 10.6. The molecule has 1 aromatic heterocycles. The van der Waals surface area contributed by atoms with E-state index in [9.17, 15) is 5.21 Å². The van der Waals surface area contributed by atoms with Crippen LogP contribution >= 0.6 is 0 Å². The summed E-state index contributed by atoms with van der Waals surface area (Å²) in [7, 11) is 0. The molecule has 0 aliphatic heterocycles. The fourth-order valence-corrected chi connectivity index (χ4v) is 0.763. The van der Waals surface area contributed by atoms with Gasteiger partial charge in [-0.1, -0.05) is 0 Å². The topological polar surface area (TPSA) is 39.0 Å². The van der Waals surface area contributed by atoms with Crippen LogP contribution in [0.1, 0.15) is 6.92 Å². The summed E-state index contributed by atoms with van der Waals surface area (Å²) in [5.41, 5.74) is 0.861. The van der Waals surface area contributed by atoms with E-state index in [1.807, 2.05) is 13.0 Å². The van der Waals surface area contributed by atoms with E-state index in [4.69, 9.17) is 0 Å². The van der Waals surface area contributed by atoms with Crippen molar-refractivity contribution < 1.29 is 4.73 Å². The third kappa shape index (κ3) is 1.62. The van der Waals surface area contributed by atoms with Crippen molar-refractivity contribution in [3.8, 4) is 0 Å². The highest BCUT2D eigenvalue weighted by Gasteiger charge is 1.91. The quantitative estimate of drug-likeness (QED) is 0.484. The zero-order valence-corrected chi connectivity index (χ0v) is 5.87. The van der Waals surface area contributed by atoms with Gasteiger partial charge >= 0.3 is 0 Å². The summed E-state index contributed by atoms with van der Waals surface area (Å²) >= 11 is 0. The summed E-state index contributed by atoms with van der Waals surface area (Å²) in [4.78, 5) is 0. The second-order valence-electron chi connectivity index (χ2n) is 1.98. The van der Waals surface area contributed by atoms with Crippen molar-refractivity contribution in [3.63, 3.8) is 0 Å². The Morgan fingerprint density at radius 2 is 2.50 bits per heavy atom. The Morgan fingerprint density at radius 1 is 1.70 bits per heavy atom. The van der Waals surface area contributed by atoms with Crippen molar-refractivity contribution in [2.75, 3.05) is 11.9 Å². The molecule has 3 heteroatoms. The van der Waals surface area contributed by atoms with E-state index < -0.39 is 0 Å². The predicted octanol–water partition coefficient (Wildman–Crippen LogP) is 0.752. The molecule has 1 rings (SSSR count). The number of rotatable bonds is 2. The summed E-state index contributed by atoms with van der Waals surface area (Å²) in [5.74, 6) is 0. The molecule has 54 valence electrons. The van der Waals surface area contributed by atoms with Gasteiger partial charge in [0.25, 0.3) is 0 Å². The summed E-state index contributed by atoms with van der Waals surface area (Å²) < 4.78 is 0.776. The smallest absolute Gasteiger partial charge is 0.203 e. The number of aromatic nitrogens is 1. The van der Waals surface area contributed by atoms with Gasteiger partial charge in [0.1, 0.15) is 5.69 Å². The third-order valence-corrected chi connectivity index (χ3v) is 1.16. The number of pyridine rings is 1. The second kappa shape index (κ2) is 3.06. The van der Waals surface area contributed by atoms with Gasteiger partial charge in [0.2, 0.25) is 6.20 Å². The Kier molecular flexibility index (Phi) is 2.10. The molecule has 1 heterocycles. The minimum absolute atomic E-state index is 0.776. The molecule has 0 spiro atoms. The van der Waals surface area contributed by atoms with E-state index in [1.165, 1.54) is 12.4 Å². The van der Waals surface area contributed by atoms with E-state index in [2.05, 4.69) is 5.32 Å². The lowest BCUT2D eigenvalue weighted by atomic mass is 10.4. The minimum atomic E-state index is 0.776. The number of anilines is 1. The van der Waals surface area contributed by atoms with Gasteiger partial charge in [-0.3, -0.25) is 0 Å². The Morgan fingerprint density at radius 3 is 3.10 bits per heavy atom. The fraction of sp³-hybridized carbons (Fsp3) is 0.286. The van der Waals surface area contributed by atoms with Crippen molar-refractivity contribution >= 4 is 5.69 Å². The lowest BCUT2D eigenvalue weighted by molar-refractivity contribution is -0.604. The second-order valence-corrected chi connectivity index (χ2v) is 1.98. The Labute approximate surface area is 59.9 Å². The van der Waals surface area contributed by atoms with E-state index in [0.717, 1.165) is 17.0 Å². The first-order valence-corrected chi connectivity index (χ1v) is 3.25. The normalized spacial score (nSPS) is 9.30. The molecule has 0 bridgehead atoms. The lowest BCUT2D eigenvalue weighted by Gasteiger charge is -2.00. The lowest BCUT2D eigenvalue weighted by Crippen LogP contribution is -2.24. The van der Waals surface area contributed by atoms with E-state index in [-0.39, 0.29) is 0 Å². The van der Waals surface area contributed by atoms with Crippen molar-refractivity contribution in [2.45, 2.75) is 6.92 Å². The molecule has 0 aliphatic rings. The molecule has 0 amide bonds. The summed E-state index contributed by atoms with van der Waals surface area (Å²) in [6.45, 7) is 2.83. The van der Waals surface area contributed by atoms with Crippen molar-refractivity contribution in [1.29, 1.82) is 0 Å². The molecule has 0 saturated carbocycles. The van der Waals surface area contributed by atoms with Gasteiger partial charge in [0, 0.05) is 12.6 Å². The summed E-state index contributed by atoms with van der Waals surface area (Å²) in [6.07, 6.45) is 2.96. The van der Waals surface area contributed by atoms with E-state index >= 15 is 0 Å². The van der Waals surface area contributed by atoms with Gasteiger partial charge in [-0.05, 0) is 13.0 Å². The predicted molar refractivity (Wildman–Crippen MR) is 39.6 cm³/mol. The first kappa shape index (κ1) is 6.86. The minimum Gasteiger partial charge on any atom is -0.619 e. The van der Waals surface area contributed by atoms with Crippen LogP contribution in [0.25, 0.3) is 0 Å². The van der Waals surface area contributed by atoms with Crippen LogP contribution in [0.15, 0.2) is 24.5 Å². The SMILES string of the molecule is CCNc1ccc[n+]([O-])c1. The number of hydrogen-bond acceptors (Lipinski definition) is 2. The molecule has 0 aromatic carbocycles. The van der Waals surface area contributed by atoms with Gasteiger partial charge < -0.3 is 10.5 Å². The molecule has 1 N–H and O–H groups in total. The van der Waals surface area contributed by atoms with Crippen LogP contribution in [0.5, 0.6) is 0 Å². The number of nitrogens with one attached hydrogen (secondary N) is 1. The van der Waals surface area contributed by atoms with Crippen LogP contribution in [0.2, 0.25) is 0 Å². The molecule has 0 radical (unpaired) electrons. The van der Waals surface area contributed by atoms with Crippen LogP contribution in [-0.4, -0.2) is 6.54 Å². The van der Waals surface area contributed by atoms with E-state index in [0.29, 0.717) is 0 Å². The zero-order valence-electron chi connectivity index (χ0n) is 5.87. The molecule has 0 saturated heterocycles.